The number of hydrogen-bond acceptors (Lipinski definition) is 5. The van der Waals surface area contributed by atoms with E-state index >= 15 is 0 Å². The normalized spacial score (nSPS) is 20.0. The molecule has 1 aliphatic rings. The fourth-order valence-electron chi connectivity index (χ4n) is 1.92. The first-order valence-electron chi connectivity index (χ1n) is 6.03. The van der Waals surface area contributed by atoms with Gasteiger partial charge in [-0.3, -0.25) is 0 Å². The largest absolute Gasteiger partial charge is 0.481 e. The zero-order chi connectivity index (χ0) is 12.1. The van der Waals surface area contributed by atoms with E-state index in [-0.39, 0.29) is 0 Å². The van der Waals surface area contributed by atoms with Crippen LogP contribution in [0.15, 0.2) is 6.07 Å². The molecule has 0 aliphatic carbocycles. The van der Waals surface area contributed by atoms with Gasteiger partial charge in [0.15, 0.2) is 0 Å². The van der Waals surface area contributed by atoms with Gasteiger partial charge in [-0.1, -0.05) is 6.42 Å². The highest BCUT2D eigenvalue weighted by atomic mass is 32.2. The molecule has 0 amide bonds. The lowest BCUT2D eigenvalue weighted by molar-refractivity contribution is 0.396. The molecule has 0 saturated carbocycles. The number of methoxy groups -OCH3 is 1. The van der Waals surface area contributed by atoms with Crippen LogP contribution in [0, 0.1) is 6.92 Å². The van der Waals surface area contributed by atoms with Gasteiger partial charge >= 0.3 is 0 Å². The van der Waals surface area contributed by atoms with Gasteiger partial charge in [0, 0.05) is 17.9 Å². The minimum Gasteiger partial charge on any atom is -0.481 e. The van der Waals surface area contributed by atoms with Crippen molar-refractivity contribution in [3.8, 4) is 5.88 Å². The van der Waals surface area contributed by atoms with E-state index in [1.807, 2.05) is 13.0 Å². The number of ether oxygens (including phenoxy) is 1. The monoisotopic (exact) mass is 253 g/mol. The zero-order valence-electron chi connectivity index (χ0n) is 10.4. The van der Waals surface area contributed by atoms with Crippen molar-refractivity contribution in [2.45, 2.75) is 31.4 Å². The Kier molecular flexibility index (Phi) is 4.48. The average molecular weight is 253 g/mol. The van der Waals surface area contributed by atoms with Gasteiger partial charge in [-0.15, -0.1) is 0 Å². The van der Waals surface area contributed by atoms with Gasteiger partial charge in [0.25, 0.3) is 0 Å². The lowest BCUT2D eigenvalue weighted by atomic mass is 10.2. The second-order valence-electron chi connectivity index (χ2n) is 4.21. The molecule has 5 heteroatoms. The van der Waals surface area contributed by atoms with Crippen molar-refractivity contribution in [1.82, 2.24) is 9.97 Å². The van der Waals surface area contributed by atoms with E-state index in [9.17, 15) is 0 Å². The van der Waals surface area contributed by atoms with Crippen molar-refractivity contribution in [2.24, 2.45) is 0 Å². The molecule has 17 heavy (non-hydrogen) atoms. The molecule has 0 bridgehead atoms. The SMILES string of the molecule is COc1cc(NCC2CCCCS2)nc(C)n1. The van der Waals surface area contributed by atoms with Gasteiger partial charge < -0.3 is 10.1 Å². The number of nitrogens with one attached hydrogen (secondary N) is 1. The molecule has 1 N–H and O–H groups in total. The summed E-state index contributed by atoms with van der Waals surface area (Å²) in [7, 11) is 1.63. The van der Waals surface area contributed by atoms with Crippen LogP contribution in [-0.4, -0.2) is 34.6 Å². The predicted molar refractivity (Wildman–Crippen MR) is 71.9 cm³/mol. The summed E-state index contributed by atoms with van der Waals surface area (Å²) in [6.45, 7) is 2.85. The Balaban J connectivity index is 1.91. The molecule has 2 rings (SSSR count). The van der Waals surface area contributed by atoms with Crippen LogP contribution in [0.1, 0.15) is 25.1 Å². The van der Waals surface area contributed by atoms with E-state index in [4.69, 9.17) is 4.74 Å². The van der Waals surface area contributed by atoms with Crippen molar-refractivity contribution < 1.29 is 4.74 Å². The minimum atomic E-state index is 0.622. The standard InChI is InChI=1S/C12H19N3OS/c1-9-14-11(7-12(15-9)16-2)13-8-10-5-3-4-6-17-10/h7,10H,3-6,8H2,1-2H3,(H,13,14,15). The number of aromatic nitrogens is 2. The van der Waals surface area contributed by atoms with E-state index in [1.54, 1.807) is 7.11 Å². The fraction of sp³-hybridized carbons (Fsp3) is 0.667. The zero-order valence-corrected chi connectivity index (χ0v) is 11.2. The summed E-state index contributed by atoms with van der Waals surface area (Å²) in [6.07, 6.45) is 4.02. The van der Waals surface area contributed by atoms with Crippen LogP contribution in [0.25, 0.3) is 0 Å². The summed E-state index contributed by atoms with van der Waals surface area (Å²) in [5, 5.41) is 4.09. The molecule has 1 aliphatic heterocycles. The summed E-state index contributed by atoms with van der Waals surface area (Å²) in [5.41, 5.74) is 0. The van der Waals surface area contributed by atoms with Crippen LogP contribution < -0.4 is 10.1 Å². The molecular formula is C12H19N3OS. The summed E-state index contributed by atoms with van der Waals surface area (Å²) >= 11 is 2.06. The fourth-order valence-corrected chi connectivity index (χ4v) is 3.16. The highest BCUT2D eigenvalue weighted by Crippen LogP contribution is 2.25. The van der Waals surface area contributed by atoms with Gasteiger partial charge in [-0.05, 0) is 25.5 Å². The van der Waals surface area contributed by atoms with Crippen LogP contribution in [0.4, 0.5) is 5.82 Å². The molecule has 1 atom stereocenters. The van der Waals surface area contributed by atoms with Crippen LogP contribution >= 0.6 is 11.8 Å². The number of aryl methyl sites for hydroxylation is 1. The summed E-state index contributed by atoms with van der Waals surface area (Å²) in [5.74, 6) is 3.51. The van der Waals surface area contributed by atoms with Gasteiger partial charge in [-0.2, -0.15) is 16.7 Å². The molecule has 1 fully saturated rings. The van der Waals surface area contributed by atoms with E-state index in [1.165, 1.54) is 25.0 Å². The minimum absolute atomic E-state index is 0.622. The van der Waals surface area contributed by atoms with Gasteiger partial charge in [-0.25, -0.2) is 4.98 Å². The Morgan fingerprint density at radius 2 is 2.35 bits per heavy atom. The Morgan fingerprint density at radius 1 is 1.47 bits per heavy atom. The van der Waals surface area contributed by atoms with Gasteiger partial charge in [0.05, 0.1) is 7.11 Å². The third kappa shape index (κ3) is 3.77. The lowest BCUT2D eigenvalue weighted by Crippen LogP contribution is -2.20. The van der Waals surface area contributed by atoms with Crippen LogP contribution in [-0.2, 0) is 0 Å². The molecule has 1 aromatic heterocycles. The Morgan fingerprint density at radius 3 is 3.06 bits per heavy atom. The maximum absolute atomic E-state index is 5.13. The smallest absolute Gasteiger partial charge is 0.218 e. The predicted octanol–water partition coefficient (Wildman–Crippen LogP) is 2.49. The molecule has 0 spiro atoms. The van der Waals surface area contributed by atoms with Gasteiger partial charge in [0.2, 0.25) is 5.88 Å². The van der Waals surface area contributed by atoms with Crippen molar-refractivity contribution in [3.63, 3.8) is 0 Å². The molecule has 1 aromatic rings. The quantitative estimate of drug-likeness (QED) is 0.893. The second-order valence-corrected chi connectivity index (χ2v) is 5.62. The highest BCUT2D eigenvalue weighted by Gasteiger charge is 2.13. The number of anilines is 1. The van der Waals surface area contributed by atoms with E-state index < -0.39 is 0 Å². The first kappa shape index (κ1) is 12.5. The number of thioether (sulfide) groups is 1. The molecule has 2 heterocycles. The van der Waals surface area contributed by atoms with Crippen molar-refractivity contribution in [3.05, 3.63) is 11.9 Å². The van der Waals surface area contributed by atoms with E-state index in [0.717, 1.165) is 18.2 Å². The summed E-state index contributed by atoms with van der Waals surface area (Å²) in [6, 6.07) is 1.85. The molecular weight excluding hydrogens is 234 g/mol. The molecule has 1 unspecified atom stereocenters. The van der Waals surface area contributed by atoms with Crippen LogP contribution in [0.2, 0.25) is 0 Å². The molecule has 0 radical (unpaired) electrons. The average Bonchev–Trinajstić information content (AvgIpc) is 2.37. The molecule has 1 saturated heterocycles. The van der Waals surface area contributed by atoms with Crippen LogP contribution in [0.3, 0.4) is 0 Å². The Labute approximate surface area is 107 Å². The summed E-state index contributed by atoms with van der Waals surface area (Å²) in [4.78, 5) is 8.52. The van der Waals surface area contributed by atoms with E-state index in [0.29, 0.717) is 11.1 Å². The first-order valence-corrected chi connectivity index (χ1v) is 7.08. The maximum Gasteiger partial charge on any atom is 0.218 e. The summed E-state index contributed by atoms with van der Waals surface area (Å²) < 4.78 is 5.13. The van der Waals surface area contributed by atoms with Crippen molar-refractivity contribution >= 4 is 17.6 Å². The molecule has 4 nitrogen and oxygen atoms in total. The lowest BCUT2D eigenvalue weighted by Gasteiger charge is -2.21. The second kappa shape index (κ2) is 6.10. The highest BCUT2D eigenvalue weighted by molar-refractivity contribution is 7.99. The maximum atomic E-state index is 5.13. The first-order chi connectivity index (χ1) is 8.28. The van der Waals surface area contributed by atoms with Crippen molar-refractivity contribution in [1.29, 1.82) is 0 Å². The Hall–Kier alpha value is -0.970. The Bertz CT molecular complexity index is 367. The number of nitrogens with zero attached hydrogens (tertiary/aromatic N) is 2. The van der Waals surface area contributed by atoms with E-state index in [2.05, 4.69) is 27.0 Å². The van der Waals surface area contributed by atoms with Crippen LogP contribution in [0.5, 0.6) is 5.88 Å². The molecule has 94 valence electrons. The topological polar surface area (TPSA) is 47.0 Å². The molecule has 0 aromatic carbocycles. The number of hydrogen-bond donors (Lipinski definition) is 1. The third-order valence-corrected chi connectivity index (χ3v) is 4.21. The van der Waals surface area contributed by atoms with Crippen molar-refractivity contribution in [2.75, 3.05) is 24.7 Å². The van der Waals surface area contributed by atoms with Gasteiger partial charge in [0.1, 0.15) is 11.6 Å². The third-order valence-electron chi connectivity index (χ3n) is 2.81. The number of rotatable bonds is 4.